The molecule has 1 heterocycles. The fraction of sp³-hybridized carbons (Fsp3) is 0.263. The predicted octanol–water partition coefficient (Wildman–Crippen LogP) is 3.36. The zero-order chi connectivity index (χ0) is 19.9. The topological polar surface area (TPSA) is 73.1 Å². The summed E-state index contributed by atoms with van der Waals surface area (Å²) in [6.45, 7) is 2.93. The third-order valence-corrected chi connectivity index (χ3v) is 5.38. The monoisotopic (exact) mass is 461 g/mol. The van der Waals surface area contributed by atoms with E-state index in [1.54, 1.807) is 16.6 Å². The van der Waals surface area contributed by atoms with Gasteiger partial charge in [-0.1, -0.05) is 39.8 Å². The number of rotatable bonds is 8. The molecule has 0 aliphatic heterocycles. The van der Waals surface area contributed by atoms with Crippen LogP contribution in [-0.2, 0) is 4.79 Å². The number of halogens is 1. The van der Waals surface area contributed by atoms with Gasteiger partial charge in [0.15, 0.2) is 0 Å². The van der Waals surface area contributed by atoms with Crippen molar-refractivity contribution in [2.45, 2.75) is 12.1 Å². The molecule has 1 amide bonds. The fourth-order valence-corrected chi connectivity index (χ4v) is 3.48. The highest BCUT2D eigenvalue weighted by atomic mass is 79.9. The Hall–Kier alpha value is -2.39. The number of nitrogens with zero attached hydrogens (tertiary/aromatic N) is 5. The normalized spacial score (nSPS) is 10.7. The molecule has 146 valence electrons. The molecular weight excluding hydrogens is 442 g/mol. The molecule has 0 saturated heterocycles. The molecule has 0 fully saturated rings. The number of carbonyl (C=O) groups excluding carboxylic acids is 1. The van der Waals surface area contributed by atoms with Crippen LogP contribution in [-0.4, -0.2) is 57.0 Å². The number of benzene rings is 2. The highest BCUT2D eigenvalue weighted by Gasteiger charge is 2.14. The summed E-state index contributed by atoms with van der Waals surface area (Å²) in [5.74, 6) is 1.01. The Morgan fingerprint density at radius 1 is 1.25 bits per heavy atom. The summed E-state index contributed by atoms with van der Waals surface area (Å²) in [5.41, 5.74) is 1.99. The lowest BCUT2D eigenvalue weighted by Crippen LogP contribution is -2.32. The van der Waals surface area contributed by atoms with Gasteiger partial charge in [-0.05, 0) is 59.3 Å². The minimum atomic E-state index is -0.0109. The number of ether oxygens (including phenoxy) is 1. The molecule has 2 aromatic carbocycles. The summed E-state index contributed by atoms with van der Waals surface area (Å²) in [6.07, 6.45) is 0. The van der Waals surface area contributed by atoms with Gasteiger partial charge in [-0.2, -0.15) is 4.68 Å². The van der Waals surface area contributed by atoms with Gasteiger partial charge in [0.25, 0.3) is 0 Å². The van der Waals surface area contributed by atoms with Crippen molar-refractivity contribution in [3.8, 4) is 11.4 Å². The second-order valence-corrected chi connectivity index (χ2v) is 7.98. The van der Waals surface area contributed by atoms with Gasteiger partial charge in [-0.3, -0.25) is 4.79 Å². The molecule has 7 nitrogen and oxygen atoms in total. The van der Waals surface area contributed by atoms with Crippen molar-refractivity contribution in [1.82, 2.24) is 25.1 Å². The molecule has 1 aromatic heterocycles. The molecule has 3 rings (SSSR count). The summed E-state index contributed by atoms with van der Waals surface area (Å²) in [4.78, 5) is 14.0. The van der Waals surface area contributed by atoms with Crippen molar-refractivity contribution in [3.63, 3.8) is 0 Å². The van der Waals surface area contributed by atoms with Crippen molar-refractivity contribution >= 4 is 33.6 Å². The minimum Gasteiger partial charge on any atom is -0.492 e. The van der Waals surface area contributed by atoms with Crippen molar-refractivity contribution in [3.05, 3.63) is 58.6 Å². The van der Waals surface area contributed by atoms with E-state index in [1.807, 2.05) is 55.5 Å². The second kappa shape index (κ2) is 9.70. The maximum atomic E-state index is 12.4. The van der Waals surface area contributed by atoms with E-state index in [0.717, 1.165) is 21.5 Å². The lowest BCUT2D eigenvalue weighted by molar-refractivity contribution is -0.127. The van der Waals surface area contributed by atoms with Gasteiger partial charge in [0.2, 0.25) is 11.1 Å². The quantitative estimate of drug-likeness (QED) is 0.478. The van der Waals surface area contributed by atoms with Crippen LogP contribution in [0.25, 0.3) is 5.69 Å². The van der Waals surface area contributed by atoms with Gasteiger partial charge in [0.05, 0.1) is 18.0 Å². The zero-order valence-electron chi connectivity index (χ0n) is 15.6. The van der Waals surface area contributed by atoms with E-state index in [0.29, 0.717) is 18.3 Å². The number of likely N-dealkylation sites (N-methyl/N-ethyl adjacent to an activating group) is 1. The van der Waals surface area contributed by atoms with E-state index >= 15 is 0 Å². The number of aryl methyl sites for hydroxylation is 1. The van der Waals surface area contributed by atoms with E-state index in [4.69, 9.17) is 4.74 Å². The Morgan fingerprint density at radius 3 is 2.79 bits per heavy atom. The molecule has 0 spiro atoms. The second-order valence-electron chi connectivity index (χ2n) is 6.12. The number of tetrazole rings is 1. The summed E-state index contributed by atoms with van der Waals surface area (Å²) in [6, 6.07) is 15.5. The van der Waals surface area contributed by atoms with Gasteiger partial charge in [-0.25, -0.2) is 0 Å². The summed E-state index contributed by atoms with van der Waals surface area (Å²) < 4.78 is 8.30. The first-order valence-electron chi connectivity index (χ1n) is 8.63. The molecule has 0 radical (unpaired) electrons. The Bertz CT molecular complexity index is 932. The average molecular weight is 462 g/mol. The van der Waals surface area contributed by atoms with Gasteiger partial charge in [0.1, 0.15) is 12.4 Å². The van der Waals surface area contributed by atoms with Crippen LogP contribution < -0.4 is 4.74 Å². The van der Waals surface area contributed by atoms with Gasteiger partial charge < -0.3 is 9.64 Å². The third kappa shape index (κ3) is 5.56. The standard InChI is InChI=1S/C19H20BrN5O2S/c1-14-4-3-5-16(12-14)25-19(21-22-23-25)28-13-18(26)24(2)10-11-27-17-8-6-15(20)7-9-17/h3-9,12H,10-11,13H2,1-2H3. The van der Waals surface area contributed by atoms with E-state index in [2.05, 4.69) is 31.5 Å². The van der Waals surface area contributed by atoms with E-state index < -0.39 is 0 Å². The largest absolute Gasteiger partial charge is 0.492 e. The molecule has 0 unspecified atom stereocenters. The van der Waals surface area contributed by atoms with Crippen LogP contribution in [0.3, 0.4) is 0 Å². The first-order valence-corrected chi connectivity index (χ1v) is 10.4. The highest BCUT2D eigenvalue weighted by Crippen LogP contribution is 2.19. The van der Waals surface area contributed by atoms with Gasteiger partial charge >= 0.3 is 0 Å². The molecule has 0 saturated carbocycles. The van der Waals surface area contributed by atoms with Crippen LogP contribution >= 0.6 is 27.7 Å². The van der Waals surface area contributed by atoms with Gasteiger partial charge in [-0.15, -0.1) is 5.10 Å². The number of amides is 1. The molecule has 3 aromatic rings. The Balaban J connectivity index is 1.49. The summed E-state index contributed by atoms with van der Waals surface area (Å²) >= 11 is 4.70. The molecule has 28 heavy (non-hydrogen) atoms. The highest BCUT2D eigenvalue weighted by molar-refractivity contribution is 9.10. The minimum absolute atomic E-state index is 0.0109. The number of thioether (sulfide) groups is 1. The van der Waals surface area contributed by atoms with Crippen molar-refractivity contribution in [1.29, 1.82) is 0 Å². The first kappa shape index (κ1) is 20.3. The smallest absolute Gasteiger partial charge is 0.232 e. The van der Waals surface area contributed by atoms with E-state index in [-0.39, 0.29) is 11.7 Å². The third-order valence-electron chi connectivity index (χ3n) is 3.95. The van der Waals surface area contributed by atoms with Crippen LogP contribution in [0.15, 0.2) is 58.2 Å². The first-order chi connectivity index (χ1) is 13.5. The van der Waals surface area contributed by atoms with Crippen molar-refractivity contribution in [2.24, 2.45) is 0 Å². The Labute approximate surface area is 176 Å². The summed E-state index contributed by atoms with van der Waals surface area (Å²) in [5, 5.41) is 12.4. The lowest BCUT2D eigenvalue weighted by Gasteiger charge is -2.17. The van der Waals surface area contributed by atoms with Crippen LogP contribution in [0.1, 0.15) is 5.56 Å². The molecule has 0 N–H and O–H groups in total. The Kier molecular flexibility index (Phi) is 7.05. The van der Waals surface area contributed by atoms with Crippen LogP contribution in [0, 0.1) is 6.92 Å². The number of carbonyl (C=O) groups is 1. The maximum Gasteiger partial charge on any atom is 0.232 e. The average Bonchev–Trinajstić information content (AvgIpc) is 3.16. The molecule has 0 aliphatic carbocycles. The van der Waals surface area contributed by atoms with Gasteiger partial charge in [0, 0.05) is 11.5 Å². The maximum absolute atomic E-state index is 12.4. The Morgan fingerprint density at radius 2 is 2.04 bits per heavy atom. The van der Waals surface area contributed by atoms with Crippen LogP contribution in [0.4, 0.5) is 0 Å². The van der Waals surface area contributed by atoms with Crippen molar-refractivity contribution in [2.75, 3.05) is 26.0 Å². The number of hydrogen-bond donors (Lipinski definition) is 0. The molecule has 0 bridgehead atoms. The molecule has 0 aliphatic rings. The number of hydrogen-bond acceptors (Lipinski definition) is 6. The van der Waals surface area contributed by atoms with Crippen LogP contribution in [0.2, 0.25) is 0 Å². The lowest BCUT2D eigenvalue weighted by atomic mass is 10.2. The fourth-order valence-electron chi connectivity index (χ4n) is 2.38. The summed E-state index contributed by atoms with van der Waals surface area (Å²) in [7, 11) is 1.76. The molecular formula is C19H20BrN5O2S. The SMILES string of the molecule is Cc1cccc(-n2nnnc2SCC(=O)N(C)CCOc2ccc(Br)cc2)c1. The number of aromatic nitrogens is 4. The van der Waals surface area contributed by atoms with Crippen LogP contribution in [0.5, 0.6) is 5.75 Å². The van der Waals surface area contributed by atoms with Crippen molar-refractivity contribution < 1.29 is 9.53 Å². The zero-order valence-corrected chi connectivity index (χ0v) is 18.0. The predicted molar refractivity (Wildman–Crippen MR) is 112 cm³/mol. The molecule has 9 heteroatoms. The molecule has 0 atom stereocenters. The van der Waals surface area contributed by atoms with E-state index in [9.17, 15) is 4.79 Å². The van der Waals surface area contributed by atoms with E-state index in [1.165, 1.54) is 11.8 Å².